The second-order valence-corrected chi connectivity index (χ2v) is 4.73. The van der Waals surface area contributed by atoms with Gasteiger partial charge in [-0.05, 0) is 50.6 Å². The molecule has 5 nitrogen and oxygen atoms in total. The molecule has 1 N–H and O–H groups in total. The number of ether oxygens (including phenoxy) is 2. The van der Waals surface area contributed by atoms with Crippen LogP contribution in [-0.4, -0.2) is 24.1 Å². The second kappa shape index (κ2) is 7.45. The summed E-state index contributed by atoms with van der Waals surface area (Å²) in [5.41, 5.74) is 1.50. The van der Waals surface area contributed by atoms with Gasteiger partial charge in [-0.1, -0.05) is 0 Å². The maximum atomic E-state index is 12.4. The fraction of sp³-hybridized carbons (Fsp3) is 0.294. The van der Waals surface area contributed by atoms with Crippen LogP contribution in [0.15, 0.2) is 36.5 Å². The monoisotopic (exact) mass is 300 g/mol. The summed E-state index contributed by atoms with van der Waals surface area (Å²) in [7, 11) is 0. The van der Waals surface area contributed by atoms with E-state index < -0.39 is 0 Å². The number of benzene rings is 1. The van der Waals surface area contributed by atoms with Crippen LogP contribution in [0.2, 0.25) is 0 Å². The van der Waals surface area contributed by atoms with Gasteiger partial charge in [0.1, 0.15) is 17.3 Å². The Morgan fingerprint density at radius 1 is 1.09 bits per heavy atom. The summed E-state index contributed by atoms with van der Waals surface area (Å²) >= 11 is 0. The molecule has 116 valence electrons. The van der Waals surface area contributed by atoms with E-state index in [1.54, 1.807) is 24.4 Å². The largest absolute Gasteiger partial charge is 0.494 e. The molecule has 0 bridgehead atoms. The van der Waals surface area contributed by atoms with Gasteiger partial charge >= 0.3 is 0 Å². The van der Waals surface area contributed by atoms with Crippen LogP contribution in [0.3, 0.4) is 0 Å². The summed E-state index contributed by atoms with van der Waals surface area (Å²) in [6.07, 6.45) is 1.66. The van der Waals surface area contributed by atoms with E-state index in [1.165, 1.54) is 0 Å². The van der Waals surface area contributed by atoms with Crippen molar-refractivity contribution >= 4 is 11.7 Å². The van der Waals surface area contributed by atoms with Crippen molar-refractivity contribution in [1.29, 1.82) is 0 Å². The number of hydrogen-bond acceptors (Lipinski definition) is 4. The van der Waals surface area contributed by atoms with Crippen LogP contribution in [0, 0.1) is 6.92 Å². The van der Waals surface area contributed by atoms with Gasteiger partial charge in [0.15, 0.2) is 0 Å². The molecule has 0 radical (unpaired) electrons. The summed E-state index contributed by atoms with van der Waals surface area (Å²) in [4.78, 5) is 16.5. The summed E-state index contributed by atoms with van der Waals surface area (Å²) in [6, 6.07) is 8.84. The molecule has 0 saturated carbocycles. The third-order valence-corrected chi connectivity index (χ3v) is 2.92. The Kier molecular flexibility index (Phi) is 5.36. The van der Waals surface area contributed by atoms with Crippen LogP contribution in [0.4, 0.5) is 5.82 Å². The number of nitrogens with zero attached hydrogens (tertiary/aromatic N) is 1. The molecule has 0 aliphatic rings. The normalized spacial score (nSPS) is 10.1. The average Bonchev–Trinajstić information content (AvgIpc) is 2.47. The Bertz CT molecular complexity index is 632. The maximum absolute atomic E-state index is 12.4. The number of carbonyl (C=O) groups excluding carboxylic acids is 1. The smallest absolute Gasteiger partial charge is 0.257 e. The number of hydrogen-bond donors (Lipinski definition) is 1. The van der Waals surface area contributed by atoms with Crippen molar-refractivity contribution < 1.29 is 14.3 Å². The van der Waals surface area contributed by atoms with Gasteiger partial charge in [0.25, 0.3) is 5.91 Å². The second-order valence-electron chi connectivity index (χ2n) is 4.73. The SMILES string of the molecule is CCOc1cc(OCC)cc(C(=O)Nc2cc(C)ccn2)c1. The highest BCUT2D eigenvalue weighted by molar-refractivity contribution is 6.04. The molecule has 0 aliphatic heterocycles. The lowest BCUT2D eigenvalue weighted by Crippen LogP contribution is -2.13. The standard InChI is InChI=1S/C17H20N2O3/c1-4-21-14-9-13(10-15(11-14)22-5-2)17(20)19-16-8-12(3)6-7-18-16/h6-11H,4-5H2,1-3H3,(H,18,19,20). The van der Waals surface area contributed by atoms with Crippen LogP contribution in [0.5, 0.6) is 11.5 Å². The number of carbonyl (C=O) groups is 1. The van der Waals surface area contributed by atoms with Crippen molar-refractivity contribution in [3.63, 3.8) is 0 Å². The van der Waals surface area contributed by atoms with E-state index >= 15 is 0 Å². The van der Waals surface area contributed by atoms with E-state index in [-0.39, 0.29) is 5.91 Å². The highest BCUT2D eigenvalue weighted by atomic mass is 16.5. The first-order valence-electron chi connectivity index (χ1n) is 7.27. The Morgan fingerprint density at radius 2 is 1.73 bits per heavy atom. The van der Waals surface area contributed by atoms with Crippen molar-refractivity contribution in [1.82, 2.24) is 4.98 Å². The van der Waals surface area contributed by atoms with Crippen molar-refractivity contribution in [3.8, 4) is 11.5 Å². The van der Waals surface area contributed by atoms with Crippen molar-refractivity contribution in [3.05, 3.63) is 47.7 Å². The summed E-state index contributed by atoms with van der Waals surface area (Å²) in [5.74, 6) is 1.48. The molecule has 2 aromatic rings. The summed E-state index contributed by atoms with van der Waals surface area (Å²) in [6.45, 7) is 6.78. The van der Waals surface area contributed by atoms with Crippen LogP contribution in [-0.2, 0) is 0 Å². The van der Waals surface area contributed by atoms with Gasteiger partial charge in [0, 0.05) is 17.8 Å². The molecule has 0 fully saturated rings. The molecular weight excluding hydrogens is 280 g/mol. The maximum Gasteiger partial charge on any atom is 0.257 e. The lowest BCUT2D eigenvalue weighted by molar-refractivity contribution is 0.102. The lowest BCUT2D eigenvalue weighted by Gasteiger charge is -2.11. The van der Waals surface area contributed by atoms with E-state index in [0.29, 0.717) is 36.1 Å². The Hall–Kier alpha value is -2.56. The molecule has 0 saturated heterocycles. The lowest BCUT2D eigenvalue weighted by atomic mass is 10.2. The van der Waals surface area contributed by atoms with Gasteiger partial charge in [-0.3, -0.25) is 4.79 Å². The van der Waals surface area contributed by atoms with Crippen LogP contribution in [0.25, 0.3) is 0 Å². The van der Waals surface area contributed by atoms with Gasteiger partial charge < -0.3 is 14.8 Å². The highest BCUT2D eigenvalue weighted by Crippen LogP contribution is 2.24. The summed E-state index contributed by atoms with van der Waals surface area (Å²) < 4.78 is 11.0. The van der Waals surface area contributed by atoms with E-state index in [4.69, 9.17) is 9.47 Å². The van der Waals surface area contributed by atoms with Crippen molar-refractivity contribution in [2.24, 2.45) is 0 Å². The Labute approximate surface area is 130 Å². The third kappa shape index (κ3) is 4.22. The number of aromatic nitrogens is 1. The molecule has 0 atom stereocenters. The first-order valence-corrected chi connectivity index (χ1v) is 7.27. The minimum absolute atomic E-state index is 0.249. The number of anilines is 1. The highest BCUT2D eigenvalue weighted by Gasteiger charge is 2.11. The van der Waals surface area contributed by atoms with E-state index in [0.717, 1.165) is 5.56 Å². The molecule has 1 aromatic heterocycles. The van der Waals surface area contributed by atoms with Crippen LogP contribution >= 0.6 is 0 Å². The fourth-order valence-electron chi connectivity index (χ4n) is 2.00. The van der Waals surface area contributed by atoms with Gasteiger partial charge in [-0.15, -0.1) is 0 Å². The fourth-order valence-corrected chi connectivity index (χ4v) is 2.00. The quantitative estimate of drug-likeness (QED) is 0.887. The Balaban J connectivity index is 2.23. The minimum Gasteiger partial charge on any atom is -0.494 e. The Morgan fingerprint density at radius 3 is 2.27 bits per heavy atom. The number of pyridine rings is 1. The summed E-state index contributed by atoms with van der Waals surface area (Å²) in [5, 5.41) is 2.78. The van der Waals surface area contributed by atoms with Crippen LogP contribution < -0.4 is 14.8 Å². The van der Waals surface area contributed by atoms with E-state index in [9.17, 15) is 4.79 Å². The molecule has 2 rings (SSSR count). The molecule has 1 amide bonds. The predicted molar refractivity (Wildman–Crippen MR) is 85.7 cm³/mol. The zero-order valence-electron chi connectivity index (χ0n) is 13.1. The molecule has 1 heterocycles. The molecule has 22 heavy (non-hydrogen) atoms. The number of amides is 1. The number of nitrogens with one attached hydrogen (secondary N) is 1. The molecule has 0 unspecified atom stereocenters. The first kappa shape index (κ1) is 15.8. The number of aryl methyl sites for hydroxylation is 1. The van der Waals surface area contributed by atoms with Crippen molar-refractivity contribution in [2.45, 2.75) is 20.8 Å². The predicted octanol–water partition coefficient (Wildman–Crippen LogP) is 3.44. The van der Waals surface area contributed by atoms with Crippen LogP contribution in [0.1, 0.15) is 29.8 Å². The third-order valence-electron chi connectivity index (χ3n) is 2.92. The molecule has 5 heteroatoms. The van der Waals surface area contributed by atoms with Gasteiger partial charge in [0.2, 0.25) is 0 Å². The zero-order valence-corrected chi connectivity index (χ0v) is 13.1. The molecule has 1 aromatic carbocycles. The van der Waals surface area contributed by atoms with Gasteiger partial charge in [-0.25, -0.2) is 4.98 Å². The van der Waals surface area contributed by atoms with Gasteiger partial charge in [0.05, 0.1) is 13.2 Å². The topological polar surface area (TPSA) is 60.5 Å². The van der Waals surface area contributed by atoms with Crippen molar-refractivity contribution in [2.75, 3.05) is 18.5 Å². The number of rotatable bonds is 6. The first-order chi connectivity index (χ1) is 10.6. The minimum atomic E-state index is -0.249. The van der Waals surface area contributed by atoms with E-state index in [2.05, 4.69) is 10.3 Å². The van der Waals surface area contributed by atoms with Gasteiger partial charge in [-0.2, -0.15) is 0 Å². The molecular formula is C17H20N2O3. The average molecular weight is 300 g/mol. The molecule has 0 spiro atoms. The van der Waals surface area contributed by atoms with E-state index in [1.807, 2.05) is 32.9 Å². The molecule has 0 aliphatic carbocycles. The zero-order chi connectivity index (χ0) is 15.9.